The molecule has 0 bridgehead atoms. The lowest BCUT2D eigenvalue weighted by Gasteiger charge is -2.30. The van der Waals surface area contributed by atoms with Crippen LogP contribution in [0.2, 0.25) is 5.02 Å². The smallest absolute Gasteiger partial charge is 0.243 e. The summed E-state index contributed by atoms with van der Waals surface area (Å²) in [5, 5.41) is 4.12. The molecule has 0 atom stereocenters. The summed E-state index contributed by atoms with van der Waals surface area (Å²) >= 11 is 7.43. The zero-order chi connectivity index (χ0) is 24.4. The number of fused-ring (bicyclic) bond motifs is 1. The molecule has 0 saturated carbocycles. The number of rotatable bonds is 6. The number of carbonyl (C=O) groups excluding carboxylic acids is 1. The van der Waals surface area contributed by atoms with Crippen LogP contribution in [0.3, 0.4) is 0 Å². The van der Waals surface area contributed by atoms with Gasteiger partial charge in [-0.15, -0.1) is 11.3 Å². The van der Waals surface area contributed by atoms with Crippen molar-refractivity contribution in [2.45, 2.75) is 37.2 Å². The fraction of sp³-hybridized carbons (Fsp3) is 0.360. The van der Waals surface area contributed by atoms with Gasteiger partial charge in [0.15, 0.2) is 5.13 Å². The molecule has 0 aliphatic carbocycles. The van der Waals surface area contributed by atoms with E-state index < -0.39 is 10.0 Å². The molecule has 1 fully saturated rings. The van der Waals surface area contributed by atoms with Crippen molar-refractivity contribution in [2.24, 2.45) is 5.92 Å². The zero-order valence-electron chi connectivity index (χ0n) is 19.2. The lowest BCUT2D eigenvalue weighted by atomic mass is 9.97. The standard InChI is InChI=1S/C25H27ClN4O3S2/c26-20-6-8-21(9-7-20)35(32,33)30-14-10-19(11-15-30)24(31)28-25-27-22-12-13-29(17-23(22)34-25)16-18-4-2-1-3-5-18/h1-9,19H,10-17H2,(H,27,28,31). The van der Waals surface area contributed by atoms with E-state index in [-0.39, 0.29) is 16.7 Å². The first-order valence-electron chi connectivity index (χ1n) is 11.7. The maximum Gasteiger partial charge on any atom is 0.243 e. The van der Waals surface area contributed by atoms with Gasteiger partial charge in [-0.3, -0.25) is 9.69 Å². The highest BCUT2D eigenvalue weighted by Gasteiger charge is 2.32. The van der Waals surface area contributed by atoms with Crippen LogP contribution in [0.15, 0.2) is 59.5 Å². The van der Waals surface area contributed by atoms with E-state index in [0.29, 0.717) is 36.1 Å². The van der Waals surface area contributed by atoms with Crippen LogP contribution in [0.25, 0.3) is 0 Å². The van der Waals surface area contributed by atoms with Crippen molar-refractivity contribution in [1.82, 2.24) is 14.2 Å². The lowest BCUT2D eigenvalue weighted by Crippen LogP contribution is -2.41. The Bertz CT molecular complexity index is 1290. The molecule has 35 heavy (non-hydrogen) atoms. The van der Waals surface area contributed by atoms with Crippen molar-refractivity contribution in [2.75, 3.05) is 25.0 Å². The van der Waals surface area contributed by atoms with Crippen molar-refractivity contribution < 1.29 is 13.2 Å². The number of aromatic nitrogens is 1. The molecule has 184 valence electrons. The van der Waals surface area contributed by atoms with Crippen molar-refractivity contribution in [3.05, 3.63) is 75.8 Å². The molecule has 10 heteroatoms. The monoisotopic (exact) mass is 530 g/mol. The third-order valence-corrected chi connectivity index (χ3v) is 9.73. The molecule has 1 N–H and O–H groups in total. The summed E-state index contributed by atoms with van der Waals surface area (Å²) in [4.78, 5) is 21.4. The molecule has 0 spiro atoms. The molecule has 2 aliphatic rings. The topological polar surface area (TPSA) is 82.6 Å². The highest BCUT2D eigenvalue weighted by molar-refractivity contribution is 7.89. The van der Waals surface area contributed by atoms with Gasteiger partial charge >= 0.3 is 0 Å². The van der Waals surface area contributed by atoms with Crippen LogP contribution in [-0.2, 0) is 34.3 Å². The van der Waals surface area contributed by atoms with Crippen LogP contribution in [0.5, 0.6) is 0 Å². The number of hydrogen-bond acceptors (Lipinski definition) is 6. The third-order valence-electron chi connectivity index (χ3n) is 6.57. The molecule has 3 heterocycles. The van der Waals surface area contributed by atoms with Crippen molar-refractivity contribution in [3.8, 4) is 0 Å². The normalized spacial score (nSPS) is 17.7. The van der Waals surface area contributed by atoms with Gasteiger partial charge in [0.1, 0.15) is 0 Å². The second-order valence-electron chi connectivity index (χ2n) is 8.96. The Hall–Kier alpha value is -2.30. The van der Waals surface area contributed by atoms with Gasteiger partial charge in [-0.2, -0.15) is 4.31 Å². The SMILES string of the molecule is O=C(Nc1nc2c(s1)CN(Cc1ccccc1)CC2)C1CCN(S(=O)(=O)c2ccc(Cl)cc2)CC1. The average Bonchev–Trinajstić information content (AvgIpc) is 3.26. The van der Waals surface area contributed by atoms with Crippen LogP contribution in [0.1, 0.15) is 29.0 Å². The summed E-state index contributed by atoms with van der Waals surface area (Å²) in [5.41, 5.74) is 2.36. The highest BCUT2D eigenvalue weighted by atomic mass is 35.5. The summed E-state index contributed by atoms with van der Waals surface area (Å²) in [6.07, 6.45) is 1.83. The Morgan fingerprint density at radius 1 is 1.06 bits per heavy atom. The van der Waals surface area contributed by atoms with E-state index in [9.17, 15) is 13.2 Å². The Balaban J connectivity index is 1.16. The van der Waals surface area contributed by atoms with E-state index in [1.54, 1.807) is 23.5 Å². The number of amides is 1. The Kier molecular flexibility index (Phi) is 7.22. The maximum absolute atomic E-state index is 12.9. The van der Waals surface area contributed by atoms with E-state index in [1.807, 2.05) is 6.07 Å². The van der Waals surface area contributed by atoms with E-state index in [2.05, 4.69) is 39.5 Å². The molecule has 0 unspecified atom stereocenters. The first-order chi connectivity index (χ1) is 16.9. The van der Waals surface area contributed by atoms with Crippen LogP contribution < -0.4 is 5.32 Å². The highest BCUT2D eigenvalue weighted by Crippen LogP contribution is 2.31. The molecule has 1 amide bonds. The Labute approximate surface area is 214 Å². The number of sulfonamides is 1. The van der Waals surface area contributed by atoms with Crippen molar-refractivity contribution in [1.29, 1.82) is 0 Å². The molecule has 3 aromatic rings. The molecule has 1 saturated heterocycles. The van der Waals surface area contributed by atoms with Gasteiger partial charge in [0.05, 0.1) is 10.6 Å². The maximum atomic E-state index is 12.9. The largest absolute Gasteiger partial charge is 0.302 e. The molecular weight excluding hydrogens is 504 g/mol. The quantitative estimate of drug-likeness (QED) is 0.511. The molecular formula is C25H27ClN4O3S2. The van der Waals surface area contributed by atoms with Crippen LogP contribution in [0.4, 0.5) is 5.13 Å². The number of nitrogens with one attached hydrogen (secondary N) is 1. The fourth-order valence-corrected chi connectivity index (χ4v) is 7.25. The zero-order valence-corrected chi connectivity index (χ0v) is 21.6. The number of anilines is 1. The first-order valence-corrected chi connectivity index (χ1v) is 14.3. The number of benzene rings is 2. The number of thiazole rings is 1. The minimum atomic E-state index is -3.59. The Morgan fingerprint density at radius 3 is 2.49 bits per heavy atom. The van der Waals surface area contributed by atoms with Crippen LogP contribution >= 0.6 is 22.9 Å². The second-order valence-corrected chi connectivity index (χ2v) is 12.4. The van der Waals surface area contributed by atoms with Gasteiger partial charge in [0.25, 0.3) is 0 Å². The number of nitrogens with zero attached hydrogens (tertiary/aromatic N) is 3. The number of halogens is 1. The molecule has 1 aromatic heterocycles. The van der Waals surface area contributed by atoms with Gasteiger partial charge in [0, 0.05) is 55.0 Å². The third kappa shape index (κ3) is 5.59. The number of hydrogen-bond donors (Lipinski definition) is 1. The summed E-state index contributed by atoms with van der Waals surface area (Å²) in [6.45, 7) is 3.30. The van der Waals surface area contributed by atoms with E-state index in [4.69, 9.17) is 11.6 Å². The van der Waals surface area contributed by atoms with E-state index in [0.717, 1.165) is 31.7 Å². The summed E-state index contributed by atoms with van der Waals surface area (Å²) in [5.74, 6) is -0.317. The molecule has 7 nitrogen and oxygen atoms in total. The predicted molar refractivity (Wildman–Crippen MR) is 138 cm³/mol. The summed E-state index contributed by atoms with van der Waals surface area (Å²) in [7, 11) is -3.59. The van der Waals surface area contributed by atoms with E-state index in [1.165, 1.54) is 26.9 Å². The average molecular weight is 531 g/mol. The van der Waals surface area contributed by atoms with Crippen LogP contribution in [-0.4, -0.2) is 48.1 Å². The van der Waals surface area contributed by atoms with Crippen molar-refractivity contribution >= 4 is 44.0 Å². The second kappa shape index (κ2) is 10.4. The minimum Gasteiger partial charge on any atom is -0.302 e. The lowest BCUT2D eigenvalue weighted by molar-refractivity contribution is -0.120. The number of carbonyl (C=O) groups is 1. The van der Waals surface area contributed by atoms with Gasteiger partial charge in [0.2, 0.25) is 15.9 Å². The fourth-order valence-electron chi connectivity index (χ4n) is 4.60. The van der Waals surface area contributed by atoms with E-state index >= 15 is 0 Å². The summed E-state index contributed by atoms with van der Waals surface area (Å²) in [6, 6.07) is 16.6. The number of piperidine rings is 1. The van der Waals surface area contributed by atoms with Gasteiger partial charge in [-0.25, -0.2) is 13.4 Å². The van der Waals surface area contributed by atoms with Gasteiger partial charge in [-0.1, -0.05) is 41.9 Å². The molecule has 2 aromatic carbocycles. The first kappa shape index (κ1) is 24.4. The van der Waals surface area contributed by atoms with Crippen molar-refractivity contribution in [3.63, 3.8) is 0 Å². The molecule has 5 rings (SSSR count). The molecule has 0 radical (unpaired) electrons. The van der Waals surface area contributed by atoms with Gasteiger partial charge < -0.3 is 5.32 Å². The molecule has 2 aliphatic heterocycles. The Morgan fingerprint density at radius 2 is 1.77 bits per heavy atom. The van der Waals surface area contributed by atoms with Crippen LogP contribution in [0, 0.1) is 5.92 Å². The minimum absolute atomic E-state index is 0.0826. The predicted octanol–water partition coefficient (Wildman–Crippen LogP) is 4.39. The summed E-state index contributed by atoms with van der Waals surface area (Å²) < 4.78 is 27.2. The van der Waals surface area contributed by atoms with Gasteiger partial charge in [-0.05, 0) is 42.7 Å².